The number of carbonyl (C=O) groups excluding carboxylic acids is 1. The van der Waals surface area contributed by atoms with Crippen molar-refractivity contribution < 1.29 is 18.3 Å². The number of fused-ring (bicyclic) bond motifs is 1. The Kier molecular flexibility index (Phi) is 4.78. The van der Waals surface area contributed by atoms with Gasteiger partial charge in [-0.1, -0.05) is 0 Å². The predicted molar refractivity (Wildman–Crippen MR) is 98.1 cm³/mol. The first-order chi connectivity index (χ1) is 13.4. The van der Waals surface area contributed by atoms with Gasteiger partial charge in [0.05, 0.1) is 30.3 Å². The number of ether oxygens (including phenoxy) is 1. The molecule has 4 rings (SSSR count). The highest BCUT2D eigenvalue weighted by molar-refractivity contribution is 5.94. The van der Waals surface area contributed by atoms with Crippen LogP contribution in [0.5, 0.6) is 0 Å². The maximum Gasteiger partial charge on any atom is 0.272 e. The van der Waals surface area contributed by atoms with Crippen LogP contribution in [0.4, 0.5) is 14.5 Å². The van der Waals surface area contributed by atoms with Crippen molar-refractivity contribution in [3.8, 4) is 0 Å². The van der Waals surface area contributed by atoms with E-state index >= 15 is 0 Å². The van der Waals surface area contributed by atoms with Gasteiger partial charge in [0, 0.05) is 45.2 Å². The fraction of sp³-hybridized carbons (Fsp3) is 0.526. The lowest BCUT2D eigenvalue weighted by Crippen LogP contribution is -2.49. The molecule has 0 bridgehead atoms. The number of aryl methyl sites for hydroxylation is 1. The Morgan fingerprint density at radius 2 is 1.79 bits per heavy atom. The Bertz CT molecular complexity index is 888. The van der Waals surface area contributed by atoms with Crippen molar-refractivity contribution in [3.05, 3.63) is 41.0 Å². The lowest BCUT2D eigenvalue weighted by Gasteiger charge is -2.36. The van der Waals surface area contributed by atoms with Gasteiger partial charge in [0.1, 0.15) is 11.4 Å². The smallest absolute Gasteiger partial charge is 0.272 e. The van der Waals surface area contributed by atoms with Crippen LogP contribution in [0.2, 0.25) is 0 Å². The molecule has 2 aliphatic heterocycles. The third kappa shape index (κ3) is 3.13. The molecule has 0 aliphatic carbocycles. The summed E-state index contributed by atoms with van der Waals surface area (Å²) in [7, 11) is 1.76. The van der Waals surface area contributed by atoms with Crippen LogP contribution >= 0.6 is 0 Å². The van der Waals surface area contributed by atoms with Gasteiger partial charge in [-0.25, -0.2) is 8.78 Å². The minimum absolute atomic E-state index is 0.0211. The van der Waals surface area contributed by atoms with E-state index in [2.05, 4.69) is 10.1 Å². The van der Waals surface area contributed by atoms with E-state index in [4.69, 9.17) is 4.74 Å². The van der Waals surface area contributed by atoms with E-state index in [1.807, 2.05) is 13.8 Å². The summed E-state index contributed by atoms with van der Waals surface area (Å²) >= 11 is 0. The van der Waals surface area contributed by atoms with E-state index in [-0.39, 0.29) is 23.8 Å². The highest BCUT2D eigenvalue weighted by Gasteiger charge is 2.34. The molecule has 0 radical (unpaired) electrons. The lowest BCUT2D eigenvalue weighted by molar-refractivity contribution is -0.00714. The number of nitrogens with zero attached hydrogens (tertiary/aromatic N) is 5. The van der Waals surface area contributed by atoms with E-state index in [9.17, 15) is 13.6 Å². The predicted octanol–water partition coefficient (Wildman–Crippen LogP) is 2.08. The number of rotatable bonds is 2. The lowest BCUT2D eigenvalue weighted by atomic mass is 9.99. The number of aromatic nitrogens is 3. The van der Waals surface area contributed by atoms with Crippen LogP contribution in [0, 0.1) is 11.6 Å². The molecule has 0 saturated carbocycles. The van der Waals surface area contributed by atoms with Gasteiger partial charge in [-0.3, -0.25) is 14.5 Å². The maximum atomic E-state index is 14.0. The second kappa shape index (κ2) is 7.12. The molecule has 2 atom stereocenters. The average Bonchev–Trinajstić information content (AvgIpc) is 2.98. The minimum atomic E-state index is -0.691. The molecule has 2 aromatic heterocycles. The Morgan fingerprint density at radius 1 is 1.14 bits per heavy atom. The van der Waals surface area contributed by atoms with Crippen molar-refractivity contribution in [1.29, 1.82) is 0 Å². The normalized spacial score (nSPS) is 22.3. The van der Waals surface area contributed by atoms with Crippen LogP contribution in [0.1, 0.15) is 41.7 Å². The van der Waals surface area contributed by atoms with E-state index in [1.54, 1.807) is 21.5 Å². The molecule has 9 heteroatoms. The van der Waals surface area contributed by atoms with E-state index in [0.717, 1.165) is 23.7 Å². The monoisotopic (exact) mass is 391 g/mol. The minimum Gasteiger partial charge on any atom is -0.369 e. The zero-order chi connectivity index (χ0) is 20.0. The Morgan fingerprint density at radius 3 is 2.43 bits per heavy atom. The van der Waals surface area contributed by atoms with Crippen molar-refractivity contribution in [3.63, 3.8) is 0 Å². The molecule has 0 aromatic carbocycles. The molecule has 2 aromatic rings. The molecular formula is C19H23F2N5O2. The van der Waals surface area contributed by atoms with E-state index in [0.29, 0.717) is 38.3 Å². The average molecular weight is 391 g/mol. The number of carbonyl (C=O) groups is 1. The zero-order valence-electron chi connectivity index (χ0n) is 16.2. The molecule has 2 aliphatic rings. The topological polar surface area (TPSA) is 63.5 Å². The molecule has 4 heterocycles. The SMILES string of the molecule is C[C@@H]1Cc2c(nn(C)c2C(=O)N2CCN(c3c(F)cncc3F)CC2)[C@H](C)O1. The first kappa shape index (κ1) is 18.8. The Hall–Kier alpha value is -2.55. The van der Waals surface area contributed by atoms with Crippen molar-refractivity contribution >= 4 is 11.6 Å². The Labute approximate surface area is 161 Å². The van der Waals surface area contributed by atoms with Crippen LogP contribution in [0.3, 0.4) is 0 Å². The number of hydrogen-bond donors (Lipinski definition) is 0. The van der Waals surface area contributed by atoms with Gasteiger partial charge in [-0.2, -0.15) is 5.10 Å². The molecule has 0 unspecified atom stereocenters. The highest BCUT2D eigenvalue weighted by atomic mass is 19.1. The summed E-state index contributed by atoms with van der Waals surface area (Å²) in [5.74, 6) is -1.49. The first-order valence-electron chi connectivity index (χ1n) is 9.41. The number of pyridine rings is 1. The molecular weight excluding hydrogens is 368 g/mol. The maximum absolute atomic E-state index is 14.0. The number of anilines is 1. The summed E-state index contributed by atoms with van der Waals surface area (Å²) in [4.78, 5) is 20.0. The van der Waals surface area contributed by atoms with Crippen LogP contribution in [0.15, 0.2) is 12.4 Å². The summed E-state index contributed by atoms with van der Waals surface area (Å²) in [6.07, 6.45) is 2.51. The number of halogens is 2. The molecule has 28 heavy (non-hydrogen) atoms. The second-order valence-electron chi connectivity index (χ2n) is 7.36. The molecule has 0 spiro atoms. The number of hydrogen-bond acceptors (Lipinski definition) is 5. The van der Waals surface area contributed by atoms with Gasteiger partial charge in [0.15, 0.2) is 11.6 Å². The summed E-state index contributed by atoms with van der Waals surface area (Å²) < 4.78 is 35.4. The van der Waals surface area contributed by atoms with E-state index in [1.165, 1.54) is 0 Å². The molecule has 1 amide bonds. The third-order valence-corrected chi connectivity index (χ3v) is 5.40. The third-order valence-electron chi connectivity index (χ3n) is 5.40. The van der Waals surface area contributed by atoms with Crippen molar-refractivity contribution in [2.24, 2.45) is 7.05 Å². The largest absolute Gasteiger partial charge is 0.369 e. The van der Waals surface area contributed by atoms with E-state index < -0.39 is 11.6 Å². The standard InChI is InChI=1S/C19H23F2N5O2/c1-11-8-13-16(12(2)28-11)23-24(3)17(13)19(27)26-6-4-25(5-7-26)18-14(20)9-22-10-15(18)21/h9-12H,4-8H2,1-3H3/t11-,12+/m1/s1. The van der Waals surface area contributed by atoms with Crippen LogP contribution in [-0.2, 0) is 18.2 Å². The summed E-state index contributed by atoms with van der Waals surface area (Å²) in [5, 5.41) is 4.50. The molecule has 7 nitrogen and oxygen atoms in total. The number of amides is 1. The van der Waals surface area contributed by atoms with Crippen molar-refractivity contribution in [2.45, 2.75) is 32.5 Å². The van der Waals surface area contributed by atoms with Crippen LogP contribution in [-0.4, -0.2) is 57.9 Å². The summed E-state index contributed by atoms with van der Waals surface area (Å²) in [5.41, 5.74) is 2.24. The van der Waals surface area contributed by atoms with Gasteiger partial charge >= 0.3 is 0 Å². The zero-order valence-corrected chi connectivity index (χ0v) is 16.2. The van der Waals surface area contributed by atoms with Gasteiger partial charge in [-0.05, 0) is 13.8 Å². The summed E-state index contributed by atoms with van der Waals surface area (Å²) in [6, 6.07) is 0. The van der Waals surface area contributed by atoms with Crippen molar-refractivity contribution in [2.75, 3.05) is 31.1 Å². The van der Waals surface area contributed by atoms with Crippen LogP contribution in [0.25, 0.3) is 0 Å². The van der Waals surface area contributed by atoms with Crippen LogP contribution < -0.4 is 4.90 Å². The van der Waals surface area contributed by atoms with Gasteiger partial charge in [0.25, 0.3) is 5.91 Å². The highest BCUT2D eigenvalue weighted by Crippen LogP contribution is 2.32. The van der Waals surface area contributed by atoms with Gasteiger partial charge in [-0.15, -0.1) is 0 Å². The molecule has 150 valence electrons. The molecule has 1 saturated heterocycles. The molecule has 1 fully saturated rings. The first-order valence-corrected chi connectivity index (χ1v) is 9.41. The number of piperazine rings is 1. The van der Waals surface area contributed by atoms with Gasteiger partial charge < -0.3 is 14.5 Å². The fourth-order valence-electron chi connectivity index (χ4n) is 4.12. The summed E-state index contributed by atoms with van der Waals surface area (Å²) in [6.45, 7) is 5.37. The molecule has 0 N–H and O–H groups in total. The quantitative estimate of drug-likeness (QED) is 0.784. The van der Waals surface area contributed by atoms with Gasteiger partial charge in [0.2, 0.25) is 0 Å². The van der Waals surface area contributed by atoms with Crippen molar-refractivity contribution in [1.82, 2.24) is 19.7 Å². The Balaban J connectivity index is 1.53. The fourth-order valence-corrected chi connectivity index (χ4v) is 4.12. The second-order valence-corrected chi connectivity index (χ2v) is 7.36.